The number of ether oxygens (including phenoxy) is 1. The number of carbonyl (C=O) groups excluding carboxylic acids is 1. The number of carbonyl (C=O) groups is 1. The molecule has 0 aliphatic carbocycles. The predicted octanol–water partition coefficient (Wildman–Crippen LogP) is 4.73. The fourth-order valence-corrected chi connectivity index (χ4v) is 2.54. The van der Waals surface area contributed by atoms with Gasteiger partial charge in [-0.15, -0.1) is 0 Å². The lowest BCUT2D eigenvalue weighted by Gasteiger charge is -2.08. The largest absolute Gasteiger partial charge is 0.494 e. The Labute approximate surface area is 148 Å². The number of thioether (sulfide) groups is 1. The van der Waals surface area contributed by atoms with Crippen LogP contribution in [0, 0.1) is 5.82 Å². The Hall–Kier alpha value is -2.15. The average molecular weight is 369 g/mol. The van der Waals surface area contributed by atoms with Gasteiger partial charge in [-0.3, -0.25) is 4.79 Å². The average Bonchev–Trinajstić information content (AvgIpc) is 2.59. The quantitative estimate of drug-likeness (QED) is 0.513. The smallest absolute Gasteiger partial charge is 0.288 e. The molecule has 0 heterocycles. The third-order valence-corrected chi connectivity index (χ3v) is 4.00. The molecule has 0 fully saturated rings. The van der Waals surface area contributed by atoms with Crippen molar-refractivity contribution in [1.82, 2.24) is 5.32 Å². The van der Waals surface area contributed by atoms with Gasteiger partial charge < -0.3 is 10.1 Å². The topological polar surface area (TPSA) is 38.3 Å². The third-order valence-electron chi connectivity index (χ3n) is 3.28. The summed E-state index contributed by atoms with van der Waals surface area (Å²) in [6.45, 7) is 0.959. The highest BCUT2D eigenvalue weighted by Crippen LogP contribution is 2.25. The van der Waals surface area contributed by atoms with Crippen molar-refractivity contribution in [2.75, 3.05) is 13.2 Å². The van der Waals surface area contributed by atoms with Crippen LogP contribution in [0.1, 0.15) is 23.2 Å². The van der Waals surface area contributed by atoms with E-state index in [1.165, 1.54) is 36.4 Å². The Bertz CT molecular complexity index is 663. The molecule has 134 valence electrons. The molecule has 1 amide bonds. The van der Waals surface area contributed by atoms with Gasteiger partial charge in [-0.25, -0.2) is 4.39 Å². The van der Waals surface area contributed by atoms with Gasteiger partial charge in [-0.2, -0.15) is 8.78 Å². The van der Waals surface area contributed by atoms with E-state index in [0.29, 0.717) is 41.1 Å². The van der Waals surface area contributed by atoms with Gasteiger partial charge in [0.2, 0.25) is 0 Å². The van der Waals surface area contributed by atoms with Crippen LogP contribution in [-0.2, 0) is 0 Å². The Morgan fingerprint density at radius 3 is 2.36 bits per heavy atom. The minimum Gasteiger partial charge on any atom is -0.494 e. The van der Waals surface area contributed by atoms with E-state index in [4.69, 9.17) is 4.74 Å². The van der Waals surface area contributed by atoms with Gasteiger partial charge in [-0.1, -0.05) is 11.8 Å². The summed E-state index contributed by atoms with van der Waals surface area (Å²) in [5, 5.41) is 2.77. The standard InChI is InChI=1S/C18H18F3NO2S/c19-14-5-7-15(8-6-14)24-12-2-1-11-22-17(23)13-3-9-16(10-4-13)25-18(20)21/h3-10,18H,1-2,11-12H2,(H,22,23). The number of rotatable bonds is 9. The van der Waals surface area contributed by atoms with Crippen molar-refractivity contribution in [3.63, 3.8) is 0 Å². The van der Waals surface area contributed by atoms with Gasteiger partial charge in [0, 0.05) is 17.0 Å². The van der Waals surface area contributed by atoms with E-state index in [1.807, 2.05) is 0 Å². The second-order valence-electron chi connectivity index (χ2n) is 5.17. The normalized spacial score (nSPS) is 10.7. The van der Waals surface area contributed by atoms with Crippen molar-refractivity contribution in [2.24, 2.45) is 0 Å². The molecule has 7 heteroatoms. The van der Waals surface area contributed by atoms with Gasteiger partial charge in [0.15, 0.2) is 0 Å². The molecule has 0 aliphatic heterocycles. The number of hydrogen-bond acceptors (Lipinski definition) is 3. The Morgan fingerprint density at radius 1 is 1.04 bits per heavy atom. The molecule has 0 unspecified atom stereocenters. The molecule has 2 aromatic rings. The van der Waals surface area contributed by atoms with Gasteiger partial charge in [0.1, 0.15) is 11.6 Å². The number of alkyl halides is 2. The number of halogens is 3. The Morgan fingerprint density at radius 2 is 1.72 bits per heavy atom. The van der Waals surface area contributed by atoms with Crippen LogP contribution in [0.25, 0.3) is 0 Å². The van der Waals surface area contributed by atoms with Crippen LogP contribution in [0.3, 0.4) is 0 Å². The first-order valence-electron chi connectivity index (χ1n) is 7.76. The lowest BCUT2D eigenvalue weighted by molar-refractivity contribution is 0.0952. The number of benzene rings is 2. The van der Waals surface area contributed by atoms with E-state index in [9.17, 15) is 18.0 Å². The van der Waals surface area contributed by atoms with Crippen molar-refractivity contribution in [1.29, 1.82) is 0 Å². The second kappa shape index (κ2) is 9.98. The monoisotopic (exact) mass is 369 g/mol. The Balaban J connectivity index is 1.62. The van der Waals surface area contributed by atoms with Gasteiger partial charge in [-0.05, 0) is 61.4 Å². The molecule has 2 aromatic carbocycles. The summed E-state index contributed by atoms with van der Waals surface area (Å²) in [6, 6.07) is 11.8. The second-order valence-corrected chi connectivity index (χ2v) is 6.23. The highest BCUT2D eigenvalue weighted by molar-refractivity contribution is 7.99. The van der Waals surface area contributed by atoms with Crippen LogP contribution < -0.4 is 10.1 Å². The highest BCUT2D eigenvalue weighted by Gasteiger charge is 2.08. The molecule has 0 saturated heterocycles. The molecular formula is C18H18F3NO2S. The van der Waals surface area contributed by atoms with Crippen molar-refractivity contribution >= 4 is 17.7 Å². The molecule has 0 saturated carbocycles. The molecule has 0 aromatic heterocycles. The lowest BCUT2D eigenvalue weighted by Crippen LogP contribution is -2.24. The van der Waals surface area contributed by atoms with Gasteiger partial charge in [0.25, 0.3) is 11.7 Å². The van der Waals surface area contributed by atoms with Gasteiger partial charge in [0.05, 0.1) is 6.61 Å². The van der Waals surface area contributed by atoms with Gasteiger partial charge >= 0.3 is 0 Å². The van der Waals surface area contributed by atoms with Crippen molar-refractivity contribution in [3.8, 4) is 5.75 Å². The summed E-state index contributed by atoms with van der Waals surface area (Å²) < 4.78 is 42.7. The summed E-state index contributed by atoms with van der Waals surface area (Å²) in [5.74, 6) is -2.42. The first kappa shape index (κ1) is 19.2. The number of nitrogens with one attached hydrogen (secondary N) is 1. The van der Waals surface area contributed by atoms with Crippen LogP contribution in [-0.4, -0.2) is 24.8 Å². The zero-order chi connectivity index (χ0) is 18.1. The van der Waals surface area contributed by atoms with E-state index >= 15 is 0 Å². The molecule has 0 aliphatic rings. The van der Waals surface area contributed by atoms with Crippen LogP contribution in [0.2, 0.25) is 0 Å². The van der Waals surface area contributed by atoms with Crippen LogP contribution in [0.5, 0.6) is 5.75 Å². The predicted molar refractivity (Wildman–Crippen MR) is 91.8 cm³/mol. The summed E-state index contributed by atoms with van der Waals surface area (Å²) >= 11 is 0.445. The summed E-state index contributed by atoms with van der Waals surface area (Å²) in [7, 11) is 0. The van der Waals surface area contributed by atoms with Crippen LogP contribution >= 0.6 is 11.8 Å². The van der Waals surface area contributed by atoms with E-state index in [0.717, 1.165) is 12.8 Å². The molecule has 0 radical (unpaired) electrons. The zero-order valence-electron chi connectivity index (χ0n) is 13.4. The zero-order valence-corrected chi connectivity index (χ0v) is 14.2. The van der Waals surface area contributed by atoms with E-state index in [2.05, 4.69) is 5.32 Å². The molecule has 0 bridgehead atoms. The van der Waals surface area contributed by atoms with Crippen molar-refractivity contribution < 1.29 is 22.7 Å². The summed E-state index contributed by atoms with van der Waals surface area (Å²) in [4.78, 5) is 12.4. The number of hydrogen-bond donors (Lipinski definition) is 1. The summed E-state index contributed by atoms with van der Waals surface area (Å²) in [6.07, 6.45) is 1.47. The fraction of sp³-hybridized carbons (Fsp3) is 0.278. The number of amides is 1. The maximum atomic E-state index is 12.7. The minimum atomic E-state index is -2.48. The lowest BCUT2D eigenvalue weighted by atomic mass is 10.2. The van der Waals surface area contributed by atoms with E-state index in [-0.39, 0.29) is 11.7 Å². The van der Waals surface area contributed by atoms with E-state index in [1.54, 1.807) is 12.1 Å². The molecule has 2 rings (SSSR count). The maximum Gasteiger partial charge on any atom is 0.288 e. The maximum absolute atomic E-state index is 12.7. The minimum absolute atomic E-state index is 0.243. The molecule has 1 N–H and O–H groups in total. The third kappa shape index (κ3) is 7.09. The molecular weight excluding hydrogens is 351 g/mol. The van der Waals surface area contributed by atoms with Crippen molar-refractivity contribution in [2.45, 2.75) is 23.5 Å². The summed E-state index contributed by atoms with van der Waals surface area (Å²) in [5.41, 5.74) is 0.432. The SMILES string of the molecule is O=C(NCCCCOc1ccc(F)cc1)c1ccc(SC(F)F)cc1. The Kier molecular flexibility index (Phi) is 7.66. The molecule has 0 spiro atoms. The van der Waals surface area contributed by atoms with Crippen molar-refractivity contribution in [3.05, 3.63) is 59.9 Å². The fourth-order valence-electron chi connectivity index (χ4n) is 2.04. The molecule has 3 nitrogen and oxygen atoms in total. The first-order valence-corrected chi connectivity index (χ1v) is 8.64. The van der Waals surface area contributed by atoms with E-state index < -0.39 is 5.76 Å². The van der Waals surface area contributed by atoms with Crippen LogP contribution in [0.4, 0.5) is 13.2 Å². The molecule has 25 heavy (non-hydrogen) atoms. The first-order chi connectivity index (χ1) is 12.0. The van der Waals surface area contributed by atoms with Crippen LogP contribution in [0.15, 0.2) is 53.4 Å². The highest BCUT2D eigenvalue weighted by atomic mass is 32.2. The molecule has 0 atom stereocenters. The number of unbranched alkanes of at least 4 members (excludes halogenated alkanes) is 1.